The third-order valence-electron chi connectivity index (χ3n) is 3.71. The summed E-state index contributed by atoms with van der Waals surface area (Å²) in [7, 11) is 1.82. The third-order valence-corrected chi connectivity index (χ3v) is 3.71. The highest BCUT2D eigenvalue weighted by Gasteiger charge is 2.04. The van der Waals surface area contributed by atoms with E-state index in [9.17, 15) is 4.79 Å². The smallest absolute Gasteiger partial charge is 0.331 e. The Hall–Kier alpha value is -3.15. The van der Waals surface area contributed by atoms with E-state index in [1.54, 1.807) is 17.0 Å². The average Bonchev–Trinajstić information content (AvgIpc) is 3.16. The SMILES string of the molecule is Cc1cc(C)n(-c2ccc(COC(=O)C=Cc3cnn(C)c3)cc2)n1. The van der Waals surface area contributed by atoms with E-state index in [2.05, 4.69) is 10.2 Å². The highest BCUT2D eigenvalue weighted by Crippen LogP contribution is 2.13. The van der Waals surface area contributed by atoms with Gasteiger partial charge in [-0.05, 0) is 43.7 Å². The average molecular weight is 336 g/mol. The first-order valence-corrected chi connectivity index (χ1v) is 7.97. The molecule has 6 nitrogen and oxygen atoms in total. The monoisotopic (exact) mass is 336 g/mol. The van der Waals surface area contributed by atoms with Crippen LogP contribution in [0.4, 0.5) is 0 Å². The van der Waals surface area contributed by atoms with Crippen molar-refractivity contribution in [1.82, 2.24) is 19.6 Å². The van der Waals surface area contributed by atoms with E-state index >= 15 is 0 Å². The molecule has 6 heteroatoms. The van der Waals surface area contributed by atoms with Crippen molar-refractivity contribution in [2.24, 2.45) is 7.05 Å². The maximum Gasteiger partial charge on any atom is 0.331 e. The zero-order chi connectivity index (χ0) is 17.8. The van der Waals surface area contributed by atoms with Crippen LogP contribution in [0.15, 0.2) is 48.8 Å². The Morgan fingerprint density at radius 3 is 2.60 bits per heavy atom. The first-order chi connectivity index (χ1) is 12.0. The van der Waals surface area contributed by atoms with Gasteiger partial charge >= 0.3 is 5.97 Å². The number of benzene rings is 1. The van der Waals surface area contributed by atoms with Gasteiger partial charge in [0.15, 0.2) is 0 Å². The number of hydrogen-bond acceptors (Lipinski definition) is 4. The zero-order valence-corrected chi connectivity index (χ0v) is 14.5. The van der Waals surface area contributed by atoms with E-state index in [0.29, 0.717) is 0 Å². The lowest BCUT2D eigenvalue weighted by Gasteiger charge is -2.06. The molecule has 0 aliphatic rings. The minimum atomic E-state index is -0.383. The summed E-state index contributed by atoms with van der Waals surface area (Å²) in [6.45, 7) is 4.22. The molecule has 0 radical (unpaired) electrons. The van der Waals surface area contributed by atoms with Crippen LogP contribution < -0.4 is 0 Å². The number of aromatic nitrogens is 4. The molecule has 0 bridgehead atoms. The maximum absolute atomic E-state index is 11.8. The summed E-state index contributed by atoms with van der Waals surface area (Å²) in [6.07, 6.45) is 6.59. The van der Waals surface area contributed by atoms with Gasteiger partial charge in [0.05, 0.1) is 17.6 Å². The van der Waals surface area contributed by atoms with Crippen LogP contribution in [0.3, 0.4) is 0 Å². The quantitative estimate of drug-likeness (QED) is 0.531. The molecule has 1 aromatic carbocycles. The van der Waals surface area contributed by atoms with Crippen LogP contribution in [0.2, 0.25) is 0 Å². The fraction of sp³-hybridized carbons (Fsp3) is 0.211. The molecule has 0 saturated carbocycles. The molecule has 0 unspecified atom stereocenters. The number of nitrogens with zero attached hydrogens (tertiary/aromatic N) is 4. The summed E-state index contributed by atoms with van der Waals surface area (Å²) in [5, 5.41) is 8.49. The van der Waals surface area contributed by atoms with Crippen molar-refractivity contribution >= 4 is 12.0 Å². The summed E-state index contributed by atoms with van der Waals surface area (Å²) in [4.78, 5) is 11.8. The molecule has 128 valence electrons. The van der Waals surface area contributed by atoms with Crippen LogP contribution in [0.25, 0.3) is 11.8 Å². The van der Waals surface area contributed by atoms with Crippen LogP contribution in [0, 0.1) is 13.8 Å². The molecule has 0 spiro atoms. The Kier molecular flexibility index (Phi) is 4.79. The number of aryl methyl sites for hydroxylation is 3. The van der Waals surface area contributed by atoms with Crippen LogP contribution >= 0.6 is 0 Å². The number of rotatable bonds is 5. The predicted molar refractivity (Wildman–Crippen MR) is 95.1 cm³/mol. The number of carbonyl (C=O) groups excluding carboxylic acids is 1. The van der Waals surface area contributed by atoms with Gasteiger partial charge in [-0.15, -0.1) is 0 Å². The van der Waals surface area contributed by atoms with Gasteiger partial charge < -0.3 is 4.74 Å². The third kappa shape index (κ3) is 4.23. The number of carbonyl (C=O) groups is 1. The summed E-state index contributed by atoms with van der Waals surface area (Å²) in [5.41, 5.74) is 4.83. The van der Waals surface area contributed by atoms with Crippen LogP contribution in [0.5, 0.6) is 0 Å². The van der Waals surface area contributed by atoms with E-state index in [0.717, 1.165) is 28.2 Å². The van der Waals surface area contributed by atoms with Gasteiger partial charge in [0.1, 0.15) is 6.61 Å². The Labute approximate surface area is 146 Å². The van der Waals surface area contributed by atoms with Crippen molar-refractivity contribution in [3.63, 3.8) is 0 Å². The Bertz CT molecular complexity index is 904. The lowest BCUT2D eigenvalue weighted by molar-refractivity contribution is -0.138. The van der Waals surface area contributed by atoms with Gasteiger partial charge in [0.2, 0.25) is 0 Å². The van der Waals surface area contributed by atoms with E-state index in [4.69, 9.17) is 4.74 Å². The minimum absolute atomic E-state index is 0.230. The Morgan fingerprint density at radius 1 is 1.24 bits per heavy atom. The van der Waals surface area contributed by atoms with E-state index in [-0.39, 0.29) is 12.6 Å². The summed E-state index contributed by atoms with van der Waals surface area (Å²) >= 11 is 0. The molecular formula is C19H20N4O2. The fourth-order valence-corrected chi connectivity index (χ4v) is 2.52. The van der Waals surface area contributed by atoms with Gasteiger partial charge in [0, 0.05) is 30.6 Å². The molecule has 0 fully saturated rings. The Morgan fingerprint density at radius 2 is 2.00 bits per heavy atom. The molecular weight excluding hydrogens is 316 g/mol. The first kappa shape index (κ1) is 16.7. The molecule has 25 heavy (non-hydrogen) atoms. The van der Waals surface area contributed by atoms with Gasteiger partial charge in [-0.1, -0.05) is 12.1 Å². The molecule has 0 N–H and O–H groups in total. The zero-order valence-electron chi connectivity index (χ0n) is 14.5. The summed E-state index contributed by atoms with van der Waals surface area (Å²) in [6, 6.07) is 9.83. The normalized spacial score (nSPS) is 11.2. The number of hydrogen-bond donors (Lipinski definition) is 0. The van der Waals surface area contributed by atoms with Crippen molar-refractivity contribution < 1.29 is 9.53 Å². The van der Waals surface area contributed by atoms with Gasteiger partial charge in [-0.25, -0.2) is 9.48 Å². The number of ether oxygens (including phenoxy) is 1. The number of esters is 1. The van der Waals surface area contributed by atoms with Crippen molar-refractivity contribution in [3.8, 4) is 5.69 Å². The van der Waals surface area contributed by atoms with E-state index in [1.165, 1.54) is 6.08 Å². The highest BCUT2D eigenvalue weighted by atomic mass is 16.5. The van der Waals surface area contributed by atoms with Crippen LogP contribution in [0.1, 0.15) is 22.5 Å². The van der Waals surface area contributed by atoms with Gasteiger partial charge in [-0.2, -0.15) is 10.2 Å². The molecule has 2 heterocycles. The standard InChI is InChI=1S/C19H20N4O2/c1-14-10-15(2)23(21-14)18-7-4-16(5-8-18)13-25-19(24)9-6-17-11-20-22(3)12-17/h4-12H,13H2,1-3H3. The second-order valence-corrected chi connectivity index (χ2v) is 5.89. The largest absolute Gasteiger partial charge is 0.458 e. The second kappa shape index (κ2) is 7.17. The molecule has 3 aromatic rings. The first-order valence-electron chi connectivity index (χ1n) is 7.97. The highest BCUT2D eigenvalue weighted by molar-refractivity contribution is 5.86. The Balaban J connectivity index is 1.57. The second-order valence-electron chi connectivity index (χ2n) is 5.89. The lowest BCUT2D eigenvalue weighted by Crippen LogP contribution is -2.02. The van der Waals surface area contributed by atoms with Crippen molar-refractivity contribution in [2.75, 3.05) is 0 Å². The molecule has 0 aliphatic carbocycles. The molecule has 0 aliphatic heterocycles. The molecule has 0 atom stereocenters. The van der Waals surface area contributed by atoms with E-state index < -0.39 is 0 Å². The summed E-state index contributed by atoms with van der Waals surface area (Å²) < 4.78 is 8.82. The molecule has 0 saturated heterocycles. The van der Waals surface area contributed by atoms with Crippen molar-refractivity contribution in [2.45, 2.75) is 20.5 Å². The summed E-state index contributed by atoms with van der Waals surface area (Å²) in [5.74, 6) is -0.383. The topological polar surface area (TPSA) is 61.9 Å². The fourth-order valence-electron chi connectivity index (χ4n) is 2.52. The maximum atomic E-state index is 11.8. The lowest BCUT2D eigenvalue weighted by atomic mass is 10.2. The van der Waals surface area contributed by atoms with Crippen molar-refractivity contribution in [1.29, 1.82) is 0 Å². The predicted octanol–water partition coefficient (Wildman–Crippen LogP) is 2.98. The molecule has 3 rings (SSSR count). The van der Waals surface area contributed by atoms with Gasteiger partial charge in [-0.3, -0.25) is 4.68 Å². The molecule has 2 aromatic heterocycles. The van der Waals surface area contributed by atoms with Crippen LogP contribution in [-0.2, 0) is 23.2 Å². The minimum Gasteiger partial charge on any atom is -0.458 e. The van der Waals surface area contributed by atoms with Crippen LogP contribution in [-0.4, -0.2) is 25.5 Å². The van der Waals surface area contributed by atoms with E-state index in [1.807, 2.05) is 62.1 Å². The van der Waals surface area contributed by atoms with Gasteiger partial charge in [0.25, 0.3) is 0 Å². The van der Waals surface area contributed by atoms with Crippen molar-refractivity contribution in [3.05, 3.63) is 71.3 Å². The molecule has 0 amide bonds.